The Bertz CT molecular complexity index is 932. The minimum absolute atomic E-state index is 0.146. The van der Waals surface area contributed by atoms with Crippen LogP contribution >= 0.6 is 11.6 Å². The van der Waals surface area contributed by atoms with Crippen molar-refractivity contribution < 1.29 is 9.21 Å². The molecular formula is C21H23ClN2O3. The number of piperidine rings is 1. The van der Waals surface area contributed by atoms with Crippen LogP contribution in [0.5, 0.6) is 0 Å². The van der Waals surface area contributed by atoms with Crippen molar-refractivity contribution in [2.24, 2.45) is 0 Å². The lowest BCUT2D eigenvalue weighted by atomic mass is 9.95. The molecule has 142 valence electrons. The van der Waals surface area contributed by atoms with E-state index in [1.165, 1.54) is 0 Å². The summed E-state index contributed by atoms with van der Waals surface area (Å²) in [4.78, 5) is 27.4. The van der Waals surface area contributed by atoms with Crippen LogP contribution in [-0.2, 0) is 13.0 Å². The molecule has 2 aliphatic heterocycles. The zero-order valence-electron chi connectivity index (χ0n) is 15.4. The van der Waals surface area contributed by atoms with Crippen molar-refractivity contribution in [3.8, 4) is 0 Å². The molecule has 6 heteroatoms. The van der Waals surface area contributed by atoms with Gasteiger partial charge in [0.15, 0.2) is 0 Å². The number of hydrogen-bond donors (Lipinski definition) is 1. The molecule has 1 aromatic heterocycles. The highest BCUT2D eigenvalue weighted by molar-refractivity contribution is 6.31. The maximum Gasteiger partial charge on any atom is 0.349 e. The SMILES string of the molecule is Cc1cc(C2CCCNC2)oc(=O)c1C(=O)N1CCc2c(Cl)cccc2C1. The van der Waals surface area contributed by atoms with Crippen LogP contribution in [0.2, 0.25) is 5.02 Å². The smallest absolute Gasteiger partial charge is 0.349 e. The van der Waals surface area contributed by atoms with Crippen molar-refractivity contribution in [2.45, 2.75) is 38.6 Å². The monoisotopic (exact) mass is 386 g/mol. The Labute approximate surface area is 163 Å². The molecule has 1 unspecified atom stereocenters. The second-order valence-electron chi connectivity index (χ2n) is 7.39. The number of aryl methyl sites for hydroxylation is 1. The number of hydrogen-bond acceptors (Lipinski definition) is 4. The number of carbonyl (C=O) groups excluding carboxylic acids is 1. The molecule has 27 heavy (non-hydrogen) atoms. The van der Waals surface area contributed by atoms with Crippen molar-refractivity contribution in [1.29, 1.82) is 0 Å². The maximum atomic E-state index is 13.0. The first-order valence-corrected chi connectivity index (χ1v) is 9.83. The highest BCUT2D eigenvalue weighted by atomic mass is 35.5. The normalized spacial score (nSPS) is 19.6. The number of halogens is 1. The van der Waals surface area contributed by atoms with Crippen LogP contribution in [0, 0.1) is 6.92 Å². The number of rotatable bonds is 2. The van der Waals surface area contributed by atoms with E-state index in [0.717, 1.165) is 42.1 Å². The topological polar surface area (TPSA) is 62.6 Å². The van der Waals surface area contributed by atoms with Gasteiger partial charge < -0.3 is 14.6 Å². The van der Waals surface area contributed by atoms with Crippen molar-refractivity contribution in [3.63, 3.8) is 0 Å². The fourth-order valence-corrected chi connectivity index (χ4v) is 4.37. The molecule has 3 heterocycles. The summed E-state index contributed by atoms with van der Waals surface area (Å²) in [6, 6.07) is 7.60. The predicted octanol–water partition coefficient (Wildman–Crippen LogP) is 3.27. The Kier molecular flexibility index (Phi) is 5.06. The Morgan fingerprint density at radius 2 is 2.22 bits per heavy atom. The average molecular weight is 387 g/mol. The minimum Gasteiger partial charge on any atom is -0.427 e. The molecule has 0 aliphatic carbocycles. The molecule has 2 aliphatic rings. The highest BCUT2D eigenvalue weighted by Gasteiger charge is 2.28. The summed E-state index contributed by atoms with van der Waals surface area (Å²) in [6.07, 6.45) is 2.74. The van der Waals surface area contributed by atoms with Crippen LogP contribution < -0.4 is 10.9 Å². The molecule has 1 saturated heterocycles. The molecule has 0 spiro atoms. The van der Waals surface area contributed by atoms with Gasteiger partial charge >= 0.3 is 5.63 Å². The van der Waals surface area contributed by atoms with Crippen LogP contribution in [0.25, 0.3) is 0 Å². The summed E-state index contributed by atoms with van der Waals surface area (Å²) in [5, 5.41) is 4.06. The molecule has 1 N–H and O–H groups in total. The number of fused-ring (bicyclic) bond motifs is 1. The summed E-state index contributed by atoms with van der Waals surface area (Å²) in [6.45, 7) is 4.62. The summed E-state index contributed by atoms with van der Waals surface area (Å²) < 4.78 is 5.57. The molecule has 5 nitrogen and oxygen atoms in total. The van der Waals surface area contributed by atoms with E-state index in [0.29, 0.717) is 30.8 Å². The van der Waals surface area contributed by atoms with Gasteiger partial charge in [0, 0.05) is 30.6 Å². The van der Waals surface area contributed by atoms with Gasteiger partial charge in [0.2, 0.25) is 0 Å². The highest BCUT2D eigenvalue weighted by Crippen LogP contribution is 2.28. The lowest BCUT2D eigenvalue weighted by Gasteiger charge is -2.29. The number of nitrogens with zero attached hydrogens (tertiary/aromatic N) is 1. The van der Waals surface area contributed by atoms with Crippen molar-refractivity contribution in [3.05, 3.63) is 67.7 Å². The number of amides is 1. The van der Waals surface area contributed by atoms with Gasteiger partial charge in [-0.2, -0.15) is 0 Å². The van der Waals surface area contributed by atoms with Crippen molar-refractivity contribution >= 4 is 17.5 Å². The van der Waals surface area contributed by atoms with Gasteiger partial charge in [-0.3, -0.25) is 4.79 Å². The molecule has 0 radical (unpaired) electrons. The van der Waals surface area contributed by atoms with E-state index in [9.17, 15) is 9.59 Å². The van der Waals surface area contributed by atoms with E-state index in [2.05, 4.69) is 5.32 Å². The molecule has 0 bridgehead atoms. The molecule has 2 aromatic rings. The molecular weight excluding hydrogens is 364 g/mol. The van der Waals surface area contributed by atoms with Crippen LogP contribution in [0.4, 0.5) is 0 Å². The Morgan fingerprint density at radius 1 is 1.37 bits per heavy atom. The fraction of sp³-hybridized carbons (Fsp3) is 0.429. The summed E-state index contributed by atoms with van der Waals surface area (Å²) in [5.74, 6) is 0.607. The molecule has 1 fully saturated rings. The molecule has 0 saturated carbocycles. The van der Waals surface area contributed by atoms with Crippen LogP contribution in [0.3, 0.4) is 0 Å². The van der Waals surface area contributed by atoms with E-state index in [1.54, 1.807) is 4.90 Å². The van der Waals surface area contributed by atoms with E-state index in [-0.39, 0.29) is 17.4 Å². The molecule has 1 aromatic carbocycles. The van der Waals surface area contributed by atoms with Gasteiger partial charge in [0.05, 0.1) is 0 Å². The zero-order valence-corrected chi connectivity index (χ0v) is 16.1. The van der Waals surface area contributed by atoms with Gasteiger partial charge in [0.25, 0.3) is 5.91 Å². The Morgan fingerprint density at radius 3 is 2.96 bits per heavy atom. The third-order valence-corrected chi connectivity index (χ3v) is 5.93. The second kappa shape index (κ2) is 7.49. The van der Waals surface area contributed by atoms with E-state index in [4.69, 9.17) is 16.0 Å². The van der Waals surface area contributed by atoms with Gasteiger partial charge in [-0.05, 0) is 61.6 Å². The first-order chi connectivity index (χ1) is 13.0. The summed E-state index contributed by atoms with van der Waals surface area (Å²) >= 11 is 6.25. The van der Waals surface area contributed by atoms with Crippen LogP contribution in [0.15, 0.2) is 33.5 Å². The first kappa shape index (κ1) is 18.3. The van der Waals surface area contributed by atoms with E-state index in [1.807, 2.05) is 31.2 Å². The lowest BCUT2D eigenvalue weighted by Crippen LogP contribution is -2.39. The van der Waals surface area contributed by atoms with Crippen molar-refractivity contribution in [1.82, 2.24) is 10.2 Å². The largest absolute Gasteiger partial charge is 0.427 e. The maximum absolute atomic E-state index is 13.0. The number of carbonyl (C=O) groups is 1. The van der Waals surface area contributed by atoms with Crippen LogP contribution in [0.1, 0.15) is 51.6 Å². The van der Waals surface area contributed by atoms with Crippen LogP contribution in [-0.4, -0.2) is 30.4 Å². The number of benzene rings is 1. The zero-order chi connectivity index (χ0) is 19.0. The quantitative estimate of drug-likeness (QED) is 0.860. The predicted molar refractivity (Wildman–Crippen MR) is 104 cm³/mol. The molecule has 1 atom stereocenters. The molecule has 4 rings (SSSR count). The van der Waals surface area contributed by atoms with E-state index >= 15 is 0 Å². The van der Waals surface area contributed by atoms with Gasteiger partial charge in [0.1, 0.15) is 11.3 Å². The van der Waals surface area contributed by atoms with E-state index < -0.39 is 5.63 Å². The first-order valence-electron chi connectivity index (χ1n) is 9.45. The average Bonchev–Trinajstić information content (AvgIpc) is 2.68. The summed E-state index contributed by atoms with van der Waals surface area (Å²) in [5.41, 5.74) is 2.43. The second-order valence-corrected chi connectivity index (χ2v) is 7.80. The van der Waals surface area contributed by atoms with Gasteiger partial charge in [-0.15, -0.1) is 0 Å². The number of nitrogens with one attached hydrogen (secondary N) is 1. The van der Waals surface area contributed by atoms with Gasteiger partial charge in [-0.25, -0.2) is 4.79 Å². The third kappa shape index (κ3) is 3.54. The van der Waals surface area contributed by atoms with Crippen molar-refractivity contribution in [2.75, 3.05) is 19.6 Å². The summed E-state index contributed by atoms with van der Waals surface area (Å²) in [7, 11) is 0. The third-order valence-electron chi connectivity index (χ3n) is 5.58. The standard InChI is InChI=1S/C21H23ClN2O3/c1-13-10-18(14-5-3-8-23-11-14)27-21(26)19(13)20(25)24-9-7-16-15(12-24)4-2-6-17(16)22/h2,4,6,10,14,23H,3,5,7-9,11-12H2,1H3. The molecule has 1 amide bonds. The minimum atomic E-state index is -0.530. The van der Waals surface area contributed by atoms with Gasteiger partial charge in [-0.1, -0.05) is 23.7 Å². The Balaban J connectivity index is 1.60. The fourth-order valence-electron chi connectivity index (χ4n) is 4.08. The lowest BCUT2D eigenvalue weighted by molar-refractivity contribution is 0.0728. The Hall–Kier alpha value is -2.11.